The number of benzene rings is 1. The molecule has 0 unspecified atom stereocenters. The van der Waals surface area contributed by atoms with Gasteiger partial charge in [-0.15, -0.1) is 0 Å². The summed E-state index contributed by atoms with van der Waals surface area (Å²) in [7, 11) is -1.95. The molecule has 0 saturated carbocycles. The van der Waals surface area contributed by atoms with Gasteiger partial charge in [0.05, 0.1) is 27.7 Å². The van der Waals surface area contributed by atoms with Crippen molar-refractivity contribution in [3.8, 4) is 0 Å². The Labute approximate surface area is 117 Å². The summed E-state index contributed by atoms with van der Waals surface area (Å²) in [5.74, 6) is 0. The first-order valence-electron chi connectivity index (χ1n) is 6.03. The van der Waals surface area contributed by atoms with Crippen LogP contribution in [0.3, 0.4) is 0 Å². The van der Waals surface area contributed by atoms with Gasteiger partial charge in [-0.05, 0) is 24.6 Å². The number of anilines is 3. The number of rotatable bonds is 4. The van der Waals surface area contributed by atoms with Crippen LogP contribution in [0.4, 0.5) is 17.1 Å². The van der Waals surface area contributed by atoms with Crippen molar-refractivity contribution in [1.82, 2.24) is 9.78 Å². The number of hydrogen-bond donors (Lipinski definition) is 3. The minimum Gasteiger partial charge on any atom is -0.397 e. The van der Waals surface area contributed by atoms with E-state index in [4.69, 9.17) is 10.9 Å². The zero-order valence-electron chi connectivity index (χ0n) is 11.3. The van der Waals surface area contributed by atoms with Crippen LogP contribution in [0.25, 0.3) is 0 Å². The number of nitrogens with zero attached hydrogens (tertiary/aromatic N) is 2. The molecule has 1 aromatic carbocycles. The van der Waals surface area contributed by atoms with Crippen molar-refractivity contribution in [2.75, 3.05) is 11.1 Å². The summed E-state index contributed by atoms with van der Waals surface area (Å²) in [6.45, 7) is 1.98. The van der Waals surface area contributed by atoms with Crippen molar-refractivity contribution in [2.45, 2.75) is 18.2 Å². The fourth-order valence-corrected chi connectivity index (χ4v) is 2.41. The SMILES string of the molecule is CCc1nn(C)cc1Nc1cc(S(N)(=O)=O)ccc1N. The van der Waals surface area contributed by atoms with E-state index in [-0.39, 0.29) is 4.90 Å². The number of nitrogen functional groups attached to an aromatic ring is 1. The highest BCUT2D eigenvalue weighted by Gasteiger charge is 2.12. The molecule has 0 fully saturated rings. The second kappa shape index (κ2) is 5.14. The molecule has 20 heavy (non-hydrogen) atoms. The minimum atomic E-state index is -3.76. The molecule has 0 bridgehead atoms. The number of aromatic nitrogens is 2. The average Bonchev–Trinajstić information content (AvgIpc) is 2.71. The molecule has 0 radical (unpaired) electrons. The summed E-state index contributed by atoms with van der Waals surface area (Å²) >= 11 is 0. The summed E-state index contributed by atoms with van der Waals surface area (Å²) < 4.78 is 24.4. The van der Waals surface area contributed by atoms with Crippen molar-refractivity contribution < 1.29 is 8.42 Å². The maximum Gasteiger partial charge on any atom is 0.238 e. The predicted octanol–water partition coefficient (Wildman–Crippen LogP) is 0.956. The van der Waals surface area contributed by atoms with E-state index >= 15 is 0 Å². The van der Waals surface area contributed by atoms with Gasteiger partial charge in [0.1, 0.15) is 0 Å². The standard InChI is InChI=1S/C12H17N5O2S/c1-3-10-12(7-17(2)16-10)15-11-6-8(20(14,18)19)4-5-9(11)13/h4-7,15H,3,13H2,1-2H3,(H2,14,18,19). The lowest BCUT2D eigenvalue weighted by Crippen LogP contribution is -2.12. The molecule has 108 valence electrons. The Balaban J connectivity index is 2.42. The Morgan fingerprint density at radius 3 is 2.65 bits per heavy atom. The van der Waals surface area contributed by atoms with Crippen LogP contribution in [-0.2, 0) is 23.5 Å². The molecule has 2 rings (SSSR count). The highest BCUT2D eigenvalue weighted by Crippen LogP contribution is 2.27. The summed E-state index contributed by atoms with van der Waals surface area (Å²) in [6.07, 6.45) is 2.56. The van der Waals surface area contributed by atoms with Gasteiger partial charge in [0.2, 0.25) is 10.0 Å². The number of sulfonamides is 1. The van der Waals surface area contributed by atoms with Crippen molar-refractivity contribution in [2.24, 2.45) is 12.2 Å². The molecule has 0 aliphatic carbocycles. The molecule has 0 atom stereocenters. The summed E-state index contributed by atoms with van der Waals surface area (Å²) in [6, 6.07) is 4.29. The molecule has 0 spiro atoms. The second-order valence-corrected chi connectivity index (χ2v) is 6.00. The molecular weight excluding hydrogens is 278 g/mol. The average molecular weight is 295 g/mol. The van der Waals surface area contributed by atoms with Crippen molar-refractivity contribution >= 4 is 27.1 Å². The number of aryl methyl sites for hydroxylation is 2. The van der Waals surface area contributed by atoms with E-state index in [1.807, 2.05) is 20.2 Å². The lowest BCUT2D eigenvalue weighted by molar-refractivity contribution is 0.598. The first-order valence-corrected chi connectivity index (χ1v) is 7.57. The molecule has 8 heteroatoms. The maximum absolute atomic E-state index is 11.4. The molecular formula is C12H17N5O2S. The highest BCUT2D eigenvalue weighted by atomic mass is 32.2. The Bertz CT molecular complexity index is 736. The monoisotopic (exact) mass is 295 g/mol. The molecule has 0 aliphatic rings. The third-order valence-electron chi connectivity index (χ3n) is 2.86. The molecule has 0 amide bonds. The smallest absolute Gasteiger partial charge is 0.238 e. The van der Waals surface area contributed by atoms with Crippen molar-refractivity contribution in [3.63, 3.8) is 0 Å². The van der Waals surface area contributed by atoms with Crippen LogP contribution in [0, 0.1) is 0 Å². The van der Waals surface area contributed by atoms with E-state index in [0.717, 1.165) is 17.8 Å². The van der Waals surface area contributed by atoms with Crippen LogP contribution in [0.5, 0.6) is 0 Å². The predicted molar refractivity (Wildman–Crippen MR) is 78.1 cm³/mol. The first kappa shape index (κ1) is 14.4. The van der Waals surface area contributed by atoms with E-state index in [9.17, 15) is 8.42 Å². The third kappa shape index (κ3) is 2.91. The van der Waals surface area contributed by atoms with Gasteiger partial charge in [-0.3, -0.25) is 4.68 Å². The molecule has 7 nitrogen and oxygen atoms in total. The zero-order chi connectivity index (χ0) is 14.9. The van der Waals surface area contributed by atoms with Gasteiger partial charge in [-0.2, -0.15) is 5.10 Å². The summed E-state index contributed by atoms with van der Waals surface area (Å²) in [5.41, 5.74) is 8.43. The Hall–Kier alpha value is -2.06. The minimum absolute atomic E-state index is 0.0103. The molecule has 0 saturated heterocycles. The number of primary sulfonamides is 1. The first-order chi connectivity index (χ1) is 9.31. The van der Waals surface area contributed by atoms with Gasteiger partial charge in [-0.25, -0.2) is 13.6 Å². The zero-order valence-corrected chi connectivity index (χ0v) is 12.1. The number of nitrogens with two attached hydrogens (primary N) is 2. The normalized spacial score (nSPS) is 11.6. The van der Waals surface area contributed by atoms with Gasteiger partial charge in [0, 0.05) is 13.2 Å². The number of hydrogen-bond acceptors (Lipinski definition) is 5. The lowest BCUT2D eigenvalue weighted by Gasteiger charge is -2.10. The van der Waals surface area contributed by atoms with Crippen LogP contribution < -0.4 is 16.2 Å². The van der Waals surface area contributed by atoms with Gasteiger partial charge < -0.3 is 11.1 Å². The van der Waals surface area contributed by atoms with Gasteiger partial charge in [0.15, 0.2) is 0 Å². The Morgan fingerprint density at radius 1 is 1.35 bits per heavy atom. The highest BCUT2D eigenvalue weighted by molar-refractivity contribution is 7.89. The van der Waals surface area contributed by atoms with E-state index in [1.54, 1.807) is 4.68 Å². The fraction of sp³-hybridized carbons (Fsp3) is 0.250. The molecule has 5 N–H and O–H groups in total. The molecule has 2 aromatic rings. The Morgan fingerprint density at radius 2 is 2.05 bits per heavy atom. The van der Waals surface area contributed by atoms with Crippen LogP contribution in [-0.4, -0.2) is 18.2 Å². The van der Waals surface area contributed by atoms with Gasteiger partial charge in [0.25, 0.3) is 0 Å². The molecule has 1 aromatic heterocycles. The molecule has 1 heterocycles. The summed E-state index contributed by atoms with van der Waals surface area (Å²) in [5, 5.41) is 12.5. The van der Waals surface area contributed by atoms with Crippen molar-refractivity contribution in [1.29, 1.82) is 0 Å². The van der Waals surface area contributed by atoms with Crippen LogP contribution in [0.2, 0.25) is 0 Å². The fourth-order valence-electron chi connectivity index (χ4n) is 1.87. The van der Waals surface area contributed by atoms with Crippen LogP contribution in [0.15, 0.2) is 29.3 Å². The van der Waals surface area contributed by atoms with E-state index in [0.29, 0.717) is 11.4 Å². The quantitative estimate of drug-likeness (QED) is 0.726. The maximum atomic E-state index is 11.4. The van der Waals surface area contributed by atoms with Crippen LogP contribution in [0.1, 0.15) is 12.6 Å². The molecule has 0 aliphatic heterocycles. The van der Waals surface area contributed by atoms with Crippen molar-refractivity contribution in [3.05, 3.63) is 30.1 Å². The lowest BCUT2D eigenvalue weighted by atomic mass is 10.2. The van der Waals surface area contributed by atoms with E-state index in [2.05, 4.69) is 10.4 Å². The van der Waals surface area contributed by atoms with E-state index in [1.165, 1.54) is 18.2 Å². The van der Waals surface area contributed by atoms with Gasteiger partial charge >= 0.3 is 0 Å². The topological polar surface area (TPSA) is 116 Å². The Kier molecular flexibility index (Phi) is 3.69. The number of nitrogens with one attached hydrogen (secondary N) is 1. The van der Waals surface area contributed by atoms with Gasteiger partial charge in [-0.1, -0.05) is 6.92 Å². The summed E-state index contributed by atoms with van der Waals surface area (Å²) in [4.78, 5) is 0.0103. The third-order valence-corrected chi connectivity index (χ3v) is 3.77. The largest absolute Gasteiger partial charge is 0.397 e. The second-order valence-electron chi connectivity index (χ2n) is 4.44. The van der Waals surface area contributed by atoms with E-state index < -0.39 is 10.0 Å². The van der Waals surface area contributed by atoms with Crippen LogP contribution >= 0.6 is 0 Å².